The summed E-state index contributed by atoms with van der Waals surface area (Å²) in [6, 6.07) is 8.82. The maximum absolute atomic E-state index is 12.8. The van der Waals surface area contributed by atoms with Gasteiger partial charge in [0.1, 0.15) is 10.6 Å². The van der Waals surface area contributed by atoms with Crippen LogP contribution in [0.4, 0.5) is 5.82 Å². The molecule has 6 heteroatoms. The zero-order chi connectivity index (χ0) is 16.0. The van der Waals surface area contributed by atoms with Crippen molar-refractivity contribution in [3.63, 3.8) is 0 Å². The second kappa shape index (κ2) is 5.09. The highest BCUT2D eigenvalue weighted by Crippen LogP contribution is 2.28. The van der Waals surface area contributed by atoms with E-state index < -0.39 is 10.0 Å². The van der Waals surface area contributed by atoms with Crippen molar-refractivity contribution in [1.82, 2.24) is 9.97 Å². The van der Waals surface area contributed by atoms with Crippen molar-refractivity contribution in [3.8, 4) is 0 Å². The maximum Gasteiger partial charge on any atom is 0.334 e. The van der Waals surface area contributed by atoms with Gasteiger partial charge in [-0.15, -0.1) is 3.98 Å². The first-order valence-electron chi connectivity index (χ1n) is 7.69. The van der Waals surface area contributed by atoms with Gasteiger partial charge in [-0.1, -0.05) is 0 Å². The Hall–Kier alpha value is -2.34. The molecule has 2 N–H and O–H groups in total. The van der Waals surface area contributed by atoms with Crippen LogP contribution < -0.4 is 0 Å². The number of H-pyrrole nitrogens is 2. The number of benzene rings is 1. The molecule has 5 nitrogen and oxygen atoms in total. The lowest BCUT2D eigenvalue weighted by Gasteiger charge is -2.05. The third-order valence-corrected chi connectivity index (χ3v) is 6.11. The molecule has 1 aliphatic rings. The lowest BCUT2D eigenvalue weighted by atomic mass is 9.98. The predicted octanol–water partition coefficient (Wildman–Crippen LogP) is 3.11. The average Bonchev–Trinajstić information content (AvgIpc) is 3.19. The normalized spacial score (nSPS) is 14.8. The van der Waals surface area contributed by atoms with Gasteiger partial charge in [0.15, 0.2) is 0 Å². The van der Waals surface area contributed by atoms with Crippen LogP contribution in [0.15, 0.2) is 41.4 Å². The summed E-state index contributed by atoms with van der Waals surface area (Å²) in [6.45, 7) is 3.77. The molecule has 23 heavy (non-hydrogen) atoms. The van der Waals surface area contributed by atoms with Crippen LogP contribution in [0.25, 0.3) is 10.9 Å². The molecule has 1 aromatic carbocycles. The SMILES string of the molecule is C=[N+](c1cc2c([nH]1)CCCC2)S(=O)(=O)c1ccc2[nH]ccc2c1. The van der Waals surface area contributed by atoms with Gasteiger partial charge in [0, 0.05) is 35.2 Å². The minimum absolute atomic E-state index is 0.243. The number of aromatic amines is 2. The van der Waals surface area contributed by atoms with Gasteiger partial charge in [0.2, 0.25) is 0 Å². The topological polar surface area (TPSA) is 68.7 Å². The minimum Gasteiger partial charge on any atom is -0.361 e. The minimum atomic E-state index is -3.68. The second-order valence-electron chi connectivity index (χ2n) is 5.95. The van der Waals surface area contributed by atoms with E-state index in [9.17, 15) is 8.42 Å². The number of aromatic nitrogens is 2. The number of nitrogens with one attached hydrogen (secondary N) is 2. The fourth-order valence-corrected chi connectivity index (χ4v) is 4.30. The van der Waals surface area contributed by atoms with Crippen molar-refractivity contribution in [2.24, 2.45) is 0 Å². The summed E-state index contributed by atoms with van der Waals surface area (Å²) in [6.07, 6.45) is 6.05. The van der Waals surface area contributed by atoms with Crippen molar-refractivity contribution in [1.29, 1.82) is 0 Å². The lowest BCUT2D eigenvalue weighted by Crippen LogP contribution is -2.15. The Morgan fingerprint density at radius 3 is 2.74 bits per heavy atom. The molecule has 0 fully saturated rings. The highest BCUT2D eigenvalue weighted by molar-refractivity contribution is 7.85. The summed E-state index contributed by atoms with van der Waals surface area (Å²) in [4.78, 5) is 6.52. The van der Waals surface area contributed by atoms with Crippen LogP contribution in [-0.4, -0.2) is 29.1 Å². The second-order valence-corrected chi connectivity index (χ2v) is 7.81. The molecule has 0 radical (unpaired) electrons. The van der Waals surface area contributed by atoms with Crippen molar-refractivity contribution in [3.05, 3.63) is 47.8 Å². The Morgan fingerprint density at radius 2 is 1.91 bits per heavy atom. The van der Waals surface area contributed by atoms with Crippen molar-refractivity contribution in [2.45, 2.75) is 30.6 Å². The highest BCUT2D eigenvalue weighted by Gasteiger charge is 2.28. The maximum atomic E-state index is 12.8. The van der Waals surface area contributed by atoms with Crippen molar-refractivity contribution >= 4 is 33.5 Å². The monoisotopic (exact) mass is 328 g/mol. The van der Waals surface area contributed by atoms with Gasteiger partial charge in [-0.3, -0.25) is 0 Å². The molecule has 1 aliphatic carbocycles. The van der Waals surface area contributed by atoms with Gasteiger partial charge >= 0.3 is 10.0 Å². The number of hydrogen-bond acceptors (Lipinski definition) is 2. The van der Waals surface area contributed by atoms with E-state index in [1.165, 1.54) is 5.56 Å². The number of rotatable bonds is 3. The van der Waals surface area contributed by atoms with E-state index >= 15 is 0 Å². The molecule has 2 aromatic heterocycles. The summed E-state index contributed by atoms with van der Waals surface area (Å²) in [7, 11) is -3.68. The molecule has 0 saturated carbocycles. The predicted molar refractivity (Wildman–Crippen MR) is 90.0 cm³/mol. The fraction of sp³-hybridized carbons (Fsp3) is 0.235. The number of fused-ring (bicyclic) bond motifs is 2. The number of aryl methyl sites for hydroxylation is 2. The Kier molecular flexibility index (Phi) is 3.16. The largest absolute Gasteiger partial charge is 0.361 e. The van der Waals surface area contributed by atoms with E-state index in [-0.39, 0.29) is 4.90 Å². The summed E-state index contributed by atoms with van der Waals surface area (Å²) >= 11 is 0. The van der Waals surface area contributed by atoms with E-state index in [1.807, 2.05) is 12.1 Å². The fourth-order valence-electron chi connectivity index (χ4n) is 3.17. The molecule has 0 aliphatic heterocycles. The van der Waals surface area contributed by atoms with Crippen LogP contribution in [0, 0.1) is 0 Å². The summed E-state index contributed by atoms with van der Waals surface area (Å²) in [5.74, 6) is 0.533. The summed E-state index contributed by atoms with van der Waals surface area (Å²) in [5.41, 5.74) is 3.25. The molecule has 118 valence electrons. The summed E-state index contributed by atoms with van der Waals surface area (Å²) < 4.78 is 26.8. The van der Waals surface area contributed by atoms with Crippen molar-refractivity contribution in [2.75, 3.05) is 0 Å². The van der Waals surface area contributed by atoms with E-state index in [2.05, 4.69) is 16.7 Å². The molecule has 3 aromatic rings. The molecule has 2 heterocycles. The standard InChI is InChI=1S/C17H18N3O2S/c1-20(17-11-12-4-2-3-5-16(12)19-17)23(21,22)14-6-7-15-13(10-14)8-9-18-15/h6-11,18-19H,1-5H2/q+1. The summed E-state index contributed by atoms with van der Waals surface area (Å²) in [5, 5.41) is 0.866. The number of nitrogens with zero attached hydrogens (tertiary/aromatic N) is 1. The Balaban J connectivity index is 1.75. The van der Waals surface area contributed by atoms with E-state index in [0.29, 0.717) is 5.82 Å². The third kappa shape index (κ3) is 2.30. The molecule has 0 atom stereocenters. The first-order valence-corrected chi connectivity index (χ1v) is 9.13. The number of sulfonamides is 1. The highest BCUT2D eigenvalue weighted by atomic mass is 32.2. The molecule has 0 amide bonds. The van der Waals surface area contributed by atoms with Gasteiger partial charge in [-0.05, 0) is 43.5 Å². The van der Waals surface area contributed by atoms with E-state index in [1.54, 1.807) is 24.4 Å². The zero-order valence-corrected chi connectivity index (χ0v) is 13.5. The smallest absolute Gasteiger partial charge is 0.334 e. The van der Waals surface area contributed by atoms with Gasteiger partial charge in [-0.25, -0.2) is 4.98 Å². The lowest BCUT2D eigenvalue weighted by molar-refractivity contribution is -0.254. The Bertz CT molecular complexity index is 988. The van der Waals surface area contributed by atoms with Crippen LogP contribution in [0.5, 0.6) is 0 Å². The molecule has 0 unspecified atom stereocenters. The van der Waals surface area contributed by atoms with Crippen LogP contribution in [-0.2, 0) is 22.9 Å². The van der Waals surface area contributed by atoms with E-state index in [4.69, 9.17) is 0 Å². The number of hydrogen-bond donors (Lipinski definition) is 2. The van der Waals surface area contributed by atoms with Gasteiger partial charge < -0.3 is 4.98 Å². The third-order valence-electron chi connectivity index (χ3n) is 4.48. The van der Waals surface area contributed by atoms with E-state index in [0.717, 1.165) is 46.3 Å². The quantitative estimate of drug-likeness (QED) is 0.573. The van der Waals surface area contributed by atoms with Gasteiger partial charge in [0.25, 0.3) is 5.82 Å². The van der Waals surface area contributed by atoms with Crippen LogP contribution in [0.1, 0.15) is 24.1 Å². The van der Waals surface area contributed by atoms with Crippen LogP contribution in [0.2, 0.25) is 0 Å². The van der Waals surface area contributed by atoms with Gasteiger partial charge in [0.05, 0.1) is 6.72 Å². The molecule has 0 spiro atoms. The Labute approximate surface area is 134 Å². The van der Waals surface area contributed by atoms with Crippen LogP contribution >= 0.6 is 0 Å². The molecule has 4 rings (SSSR count). The average molecular weight is 328 g/mol. The molecular weight excluding hydrogens is 310 g/mol. The van der Waals surface area contributed by atoms with Crippen LogP contribution in [0.3, 0.4) is 0 Å². The van der Waals surface area contributed by atoms with Crippen molar-refractivity contribution < 1.29 is 12.4 Å². The zero-order valence-electron chi connectivity index (χ0n) is 12.7. The molecule has 0 bridgehead atoms. The first kappa shape index (κ1) is 14.3. The van der Waals surface area contributed by atoms with Gasteiger partial charge in [-0.2, -0.15) is 8.42 Å². The Morgan fingerprint density at radius 1 is 1.09 bits per heavy atom. The molecular formula is C17H18N3O2S+. The first-order chi connectivity index (χ1) is 11.1. The molecule has 0 saturated heterocycles.